The Morgan fingerprint density at radius 1 is 0.618 bits per heavy atom. The van der Waals surface area contributed by atoms with Gasteiger partial charge in [-0.1, -0.05) is 37.8 Å². The second-order valence-electron chi connectivity index (χ2n) is 8.65. The van der Waals surface area contributed by atoms with Crippen LogP contribution in [0.1, 0.15) is 83.5 Å². The summed E-state index contributed by atoms with van der Waals surface area (Å²) in [4.78, 5) is 29.4. The van der Waals surface area contributed by atoms with Crippen molar-refractivity contribution < 1.29 is 19.1 Å². The Morgan fingerprint density at radius 3 is 1.62 bits per heavy atom. The molecule has 0 unspecified atom stereocenters. The van der Waals surface area contributed by atoms with Crippen LogP contribution in [0.4, 0.5) is 0 Å². The number of hydrogen-bond acceptors (Lipinski definition) is 7. The van der Waals surface area contributed by atoms with Crippen molar-refractivity contribution in [2.24, 2.45) is 0 Å². The number of ether oxygens (including phenoxy) is 2. The fraction of sp³-hybridized carbons (Fsp3) is 0.519. The van der Waals surface area contributed by atoms with E-state index in [1.165, 1.54) is 0 Å². The summed E-state index contributed by atoms with van der Waals surface area (Å²) in [6, 6.07) is 12.7. The van der Waals surface area contributed by atoms with Crippen LogP contribution < -0.4 is 10.6 Å². The molecule has 0 fully saturated rings. The van der Waals surface area contributed by atoms with Gasteiger partial charge in [0.15, 0.2) is 0 Å². The molecule has 34 heavy (non-hydrogen) atoms. The molecular weight excluding hydrogens is 430 g/mol. The third-order valence-electron chi connectivity index (χ3n) is 5.77. The van der Waals surface area contributed by atoms with Crippen molar-refractivity contribution in [1.82, 2.24) is 15.6 Å². The van der Waals surface area contributed by atoms with E-state index in [-0.39, 0.29) is 0 Å². The first-order valence-electron chi connectivity index (χ1n) is 12.5. The maximum atomic E-state index is 12.3. The van der Waals surface area contributed by atoms with Gasteiger partial charge in [-0.15, -0.1) is 0 Å². The molecule has 0 spiro atoms. The molecule has 184 valence electrons. The lowest BCUT2D eigenvalue weighted by Gasteiger charge is -2.09. The van der Waals surface area contributed by atoms with Crippen molar-refractivity contribution in [1.29, 1.82) is 0 Å². The predicted octanol–water partition coefficient (Wildman–Crippen LogP) is 4.41. The predicted molar refractivity (Wildman–Crippen MR) is 132 cm³/mol. The fourth-order valence-corrected chi connectivity index (χ4v) is 3.84. The number of rotatable bonds is 0. The zero-order valence-corrected chi connectivity index (χ0v) is 20.0. The van der Waals surface area contributed by atoms with E-state index in [0.717, 1.165) is 88.9 Å². The Morgan fingerprint density at radius 2 is 1.09 bits per heavy atom. The number of esters is 2. The lowest BCUT2D eigenvalue weighted by Crippen LogP contribution is -2.18. The lowest BCUT2D eigenvalue weighted by atomic mass is 10.1. The minimum absolute atomic E-state index is 0.380. The highest BCUT2D eigenvalue weighted by atomic mass is 16.5. The molecule has 2 heterocycles. The molecule has 2 N–H and O–H groups in total. The van der Waals surface area contributed by atoms with Crippen molar-refractivity contribution in [2.75, 3.05) is 26.3 Å². The van der Waals surface area contributed by atoms with Crippen molar-refractivity contribution in [3.05, 3.63) is 65.0 Å². The number of nitrogens with one attached hydrogen (secondary N) is 2. The molecular formula is C27H37N3O4. The molecule has 1 aromatic carbocycles. The van der Waals surface area contributed by atoms with Gasteiger partial charge in [-0.2, -0.15) is 0 Å². The zero-order valence-electron chi connectivity index (χ0n) is 20.0. The summed E-state index contributed by atoms with van der Waals surface area (Å²) in [7, 11) is 0. The van der Waals surface area contributed by atoms with Crippen LogP contribution in [0, 0.1) is 0 Å². The van der Waals surface area contributed by atoms with Crippen LogP contribution in [-0.4, -0.2) is 43.2 Å². The first-order valence-corrected chi connectivity index (χ1v) is 12.5. The number of cyclic esters (lactones) is 2. The van der Waals surface area contributed by atoms with Crippen LogP contribution in [0.25, 0.3) is 0 Å². The van der Waals surface area contributed by atoms with Gasteiger partial charge in [-0.05, 0) is 69.1 Å². The largest absolute Gasteiger partial charge is 0.462 e. The molecule has 2 aromatic rings. The van der Waals surface area contributed by atoms with Crippen LogP contribution in [0.3, 0.4) is 0 Å². The number of aromatic nitrogens is 1. The molecule has 0 radical (unpaired) electrons. The van der Waals surface area contributed by atoms with Crippen molar-refractivity contribution in [2.45, 2.75) is 64.5 Å². The number of hydrogen-bond donors (Lipinski definition) is 2. The summed E-state index contributed by atoms with van der Waals surface area (Å²) in [5, 5.41) is 6.93. The van der Waals surface area contributed by atoms with Gasteiger partial charge in [0.2, 0.25) is 0 Å². The van der Waals surface area contributed by atoms with Crippen LogP contribution in [0.2, 0.25) is 0 Å². The quantitative estimate of drug-likeness (QED) is 0.555. The second-order valence-corrected chi connectivity index (χ2v) is 8.65. The molecule has 7 heteroatoms. The van der Waals surface area contributed by atoms with Gasteiger partial charge in [0, 0.05) is 13.1 Å². The standard InChI is InChI=1S/C27H37N3O4/c31-26-22-11-9-12-23(19-22)27(32)34-18-8-4-2-6-16-29-21-25-14-10-13-24(30-25)20-28-15-5-1-3-7-17-33-26/h9-14,19,28-29H,1-8,15-18,20-21H2. The summed E-state index contributed by atoms with van der Waals surface area (Å²) < 4.78 is 10.8. The molecule has 1 aliphatic heterocycles. The van der Waals surface area contributed by atoms with E-state index in [0.29, 0.717) is 24.3 Å². The summed E-state index contributed by atoms with van der Waals surface area (Å²) in [5.41, 5.74) is 2.88. The van der Waals surface area contributed by atoms with Gasteiger partial charge in [-0.25, -0.2) is 9.59 Å². The zero-order chi connectivity index (χ0) is 23.8. The Hall–Kier alpha value is -2.77. The highest BCUT2D eigenvalue weighted by Gasteiger charge is 2.12. The summed E-state index contributed by atoms with van der Waals surface area (Å²) >= 11 is 0. The number of carbonyl (C=O) groups excluding carboxylic acids is 2. The molecule has 4 bridgehead atoms. The summed E-state index contributed by atoms with van der Waals surface area (Å²) in [6.45, 7) is 4.18. The maximum Gasteiger partial charge on any atom is 0.338 e. The van der Waals surface area contributed by atoms with Crippen molar-refractivity contribution in [3.63, 3.8) is 0 Å². The lowest BCUT2D eigenvalue weighted by molar-refractivity contribution is 0.0496. The van der Waals surface area contributed by atoms with Crippen molar-refractivity contribution >= 4 is 11.9 Å². The average Bonchev–Trinajstić information content (AvgIpc) is 2.86. The highest BCUT2D eigenvalue weighted by Crippen LogP contribution is 2.10. The van der Waals surface area contributed by atoms with Gasteiger partial charge < -0.3 is 20.1 Å². The Labute approximate surface area is 202 Å². The van der Waals surface area contributed by atoms with Crippen molar-refractivity contribution in [3.8, 4) is 0 Å². The monoisotopic (exact) mass is 467 g/mol. The smallest absolute Gasteiger partial charge is 0.338 e. The molecule has 3 rings (SSSR count). The molecule has 0 aliphatic carbocycles. The van der Waals surface area contributed by atoms with Gasteiger partial charge in [0.25, 0.3) is 0 Å². The third-order valence-corrected chi connectivity index (χ3v) is 5.77. The molecule has 1 aliphatic rings. The number of pyridine rings is 1. The van der Waals surface area contributed by atoms with Gasteiger partial charge >= 0.3 is 11.9 Å². The number of carbonyl (C=O) groups is 2. The molecule has 0 atom stereocenters. The van der Waals surface area contributed by atoms with Gasteiger partial charge in [0.05, 0.1) is 35.7 Å². The molecule has 7 nitrogen and oxygen atoms in total. The minimum atomic E-state index is -0.402. The first-order chi connectivity index (χ1) is 16.7. The normalized spacial score (nSPS) is 18.5. The average molecular weight is 468 g/mol. The van der Waals surface area contributed by atoms with Gasteiger partial charge in [0.1, 0.15) is 0 Å². The van der Waals surface area contributed by atoms with Gasteiger partial charge in [-0.3, -0.25) is 4.98 Å². The molecule has 0 amide bonds. The van der Waals surface area contributed by atoms with Crippen LogP contribution >= 0.6 is 0 Å². The van der Waals surface area contributed by atoms with Crippen LogP contribution in [-0.2, 0) is 22.6 Å². The van der Waals surface area contributed by atoms with E-state index in [2.05, 4.69) is 28.8 Å². The van der Waals surface area contributed by atoms with E-state index < -0.39 is 11.9 Å². The molecule has 1 aromatic heterocycles. The van der Waals surface area contributed by atoms with E-state index in [4.69, 9.17) is 14.5 Å². The minimum Gasteiger partial charge on any atom is -0.462 e. The Kier molecular flexibility index (Phi) is 11.5. The number of benzene rings is 1. The number of nitrogens with zero attached hydrogens (tertiary/aromatic N) is 1. The van der Waals surface area contributed by atoms with E-state index >= 15 is 0 Å². The first kappa shape index (κ1) is 25.8. The number of fused-ring (bicyclic) bond motifs is 4. The molecule has 0 saturated heterocycles. The van der Waals surface area contributed by atoms with Crippen LogP contribution in [0.15, 0.2) is 42.5 Å². The Bertz CT molecular complexity index is 838. The van der Waals surface area contributed by atoms with Crippen LogP contribution in [0.5, 0.6) is 0 Å². The van der Waals surface area contributed by atoms with E-state index in [1.807, 2.05) is 0 Å². The van der Waals surface area contributed by atoms with E-state index in [1.54, 1.807) is 24.3 Å². The summed E-state index contributed by atoms with van der Waals surface area (Å²) in [5.74, 6) is -0.804. The van der Waals surface area contributed by atoms with E-state index in [9.17, 15) is 9.59 Å². The SMILES string of the molecule is O=C1OCCCCCCNCc2cccc(n2)CNCCCCCCOC(=O)c2cccc1c2. The second kappa shape index (κ2) is 15.2. The molecule has 0 saturated carbocycles. The highest BCUT2D eigenvalue weighted by molar-refractivity contribution is 5.95. The Balaban J connectivity index is 1.49. The maximum absolute atomic E-state index is 12.3. The third kappa shape index (κ3) is 9.61. The fourth-order valence-electron chi connectivity index (χ4n) is 3.84. The topological polar surface area (TPSA) is 89.6 Å². The summed E-state index contributed by atoms with van der Waals surface area (Å²) in [6.07, 6.45) is 7.93.